The third kappa shape index (κ3) is 2.29. The van der Waals surface area contributed by atoms with Crippen molar-refractivity contribution >= 4 is 11.3 Å². The molecule has 5 nitrogen and oxygen atoms in total. The third-order valence-electron chi connectivity index (χ3n) is 3.22. The van der Waals surface area contributed by atoms with Gasteiger partial charge in [0.25, 0.3) is 0 Å². The number of hydrogen-bond donors (Lipinski definition) is 0. The van der Waals surface area contributed by atoms with Crippen LogP contribution in [0.4, 0.5) is 0 Å². The van der Waals surface area contributed by atoms with Crippen molar-refractivity contribution in [3.05, 3.63) is 66.9 Å². The van der Waals surface area contributed by atoms with Gasteiger partial charge in [0.1, 0.15) is 10.0 Å². The van der Waals surface area contributed by atoms with Crippen LogP contribution in [0.3, 0.4) is 0 Å². The van der Waals surface area contributed by atoms with Crippen molar-refractivity contribution in [3.8, 4) is 27.0 Å². The number of aromatic nitrogens is 5. The van der Waals surface area contributed by atoms with Crippen molar-refractivity contribution in [2.45, 2.75) is 0 Å². The average Bonchev–Trinajstić information content (AvgIpc) is 3.25. The van der Waals surface area contributed by atoms with Crippen LogP contribution >= 0.6 is 11.3 Å². The predicted octanol–water partition coefficient (Wildman–Crippen LogP) is 3.45. The van der Waals surface area contributed by atoms with Gasteiger partial charge in [0, 0.05) is 11.1 Å². The second-order valence-electron chi connectivity index (χ2n) is 4.65. The number of thiazole rings is 1. The van der Waals surface area contributed by atoms with E-state index in [0.717, 1.165) is 21.1 Å². The van der Waals surface area contributed by atoms with E-state index >= 15 is 0 Å². The van der Waals surface area contributed by atoms with Crippen molar-refractivity contribution in [2.24, 2.45) is 0 Å². The van der Waals surface area contributed by atoms with Gasteiger partial charge >= 0.3 is 0 Å². The predicted molar refractivity (Wildman–Crippen MR) is 85.7 cm³/mol. The number of rotatable bonds is 3. The summed E-state index contributed by atoms with van der Waals surface area (Å²) in [5.41, 5.74) is 2.07. The van der Waals surface area contributed by atoms with Crippen LogP contribution in [0.2, 0.25) is 0 Å². The summed E-state index contributed by atoms with van der Waals surface area (Å²) >= 11 is 1.56. The quantitative estimate of drug-likeness (QED) is 0.581. The lowest BCUT2D eigenvalue weighted by Crippen LogP contribution is -1.96. The molecule has 0 unspecified atom stereocenters. The molecule has 0 saturated carbocycles. The van der Waals surface area contributed by atoms with Crippen molar-refractivity contribution in [2.75, 3.05) is 0 Å². The highest BCUT2D eigenvalue weighted by Gasteiger charge is 2.13. The van der Waals surface area contributed by atoms with Gasteiger partial charge in [0.2, 0.25) is 0 Å². The van der Waals surface area contributed by atoms with E-state index in [1.165, 1.54) is 0 Å². The Morgan fingerprint density at radius 1 is 0.818 bits per heavy atom. The molecule has 22 heavy (non-hydrogen) atoms. The molecule has 0 aliphatic heterocycles. The summed E-state index contributed by atoms with van der Waals surface area (Å²) in [6.45, 7) is 0. The molecular formula is C16H11N5S. The van der Waals surface area contributed by atoms with Crippen LogP contribution in [0.25, 0.3) is 27.0 Å². The van der Waals surface area contributed by atoms with Crippen LogP contribution in [-0.4, -0.2) is 25.2 Å². The molecule has 0 saturated heterocycles. The van der Waals surface area contributed by atoms with Gasteiger partial charge in [-0.3, -0.25) is 0 Å². The van der Waals surface area contributed by atoms with Crippen LogP contribution in [0.15, 0.2) is 66.9 Å². The standard InChI is InChI=1S/C16H11N5S/c1-3-7-12(8-4-1)15-18-19-20-21(15)14-11-17-16(22-14)13-9-5-2-6-10-13/h1-11H. The molecule has 0 aliphatic carbocycles. The van der Waals surface area contributed by atoms with Gasteiger partial charge in [-0.25, -0.2) is 4.98 Å². The molecule has 2 heterocycles. The summed E-state index contributed by atoms with van der Waals surface area (Å²) in [5.74, 6) is 0.712. The maximum atomic E-state index is 4.48. The Labute approximate surface area is 130 Å². The molecule has 0 spiro atoms. The number of tetrazole rings is 1. The first kappa shape index (κ1) is 12.8. The minimum atomic E-state index is 0.712. The minimum absolute atomic E-state index is 0.712. The SMILES string of the molecule is c1ccc(-c2ncc(-n3nnnc3-c3ccccc3)s2)cc1. The number of benzene rings is 2. The molecule has 0 bridgehead atoms. The highest BCUT2D eigenvalue weighted by molar-refractivity contribution is 7.17. The summed E-state index contributed by atoms with van der Waals surface area (Å²) in [5, 5.41) is 13.9. The van der Waals surface area contributed by atoms with E-state index in [2.05, 4.69) is 20.5 Å². The van der Waals surface area contributed by atoms with E-state index in [9.17, 15) is 0 Å². The summed E-state index contributed by atoms with van der Waals surface area (Å²) < 4.78 is 1.72. The Hall–Kier alpha value is -2.86. The Kier molecular flexibility index (Phi) is 3.21. The molecule has 2 aromatic heterocycles. The summed E-state index contributed by atoms with van der Waals surface area (Å²) in [6.07, 6.45) is 1.80. The molecule has 6 heteroatoms. The maximum Gasteiger partial charge on any atom is 0.188 e. The molecule has 0 fully saturated rings. The zero-order valence-corrected chi connectivity index (χ0v) is 12.3. The summed E-state index contributed by atoms with van der Waals surface area (Å²) in [4.78, 5) is 4.48. The van der Waals surface area contributed by atoms with E-state index in [0.29, 0.717) is 5.82 Å². The van der Waals surface area contributed by atoms with Crippen LogP contribution in [0.5, 0.6) is 0 Å². The molecule has 0 radical (unpaired) electrons. The Bertz CT molecular complexity index is 883. The Balaban J connectivity index is 1.76. The first-order valence-electron chi connectivity index (χ1n) is 6.77. The van der Waals surface area contributed by atoms with Crippen molar-refractivity contribution in [3.63, 3.8) is 0 Å². The van der Waals surface area contributed by atoms with Crippen LogP contribution < -0.4 is 0 Å². The first-order chi connectivity index (χ1) is 10.9. The van der Waals surface area contributed by atoms with Crippen LogP contribution in [0, 0.1) is 0 Å². The minimum Gasteiger partial charge on any atom is -0.242 e. The van der Waals surface area contributed by atoms with Gasteiger partial charge in [-0.05, 0) is 10.4 Å². The Morgan fingerprint density at radius 2 is 1.50 bits per heavy atom. The lowest BCUT2D eigenvalue weighted by Gasteiger charge is -2.00. The fraction of sp³-hybridized carbons (Fsp3) is 0. The van der Waals surface area contributed by atoms with E-state index in [1.807, 2.05) is 60.7 Å². The van der Waals surface area contributed by atoms with Gasteiger partial charge in [-0.1, -0.05) is 72.0 Å². The van der Waals surface area contributed by atoms with Gasteiger partial charge in [-0.2, -0.15) is 4.68 Å². The highest BCUT2D eigenvalue weighted by atomic mass is 32.1. The monoisotopic (exact) mass is 305 g/mol. The lowest BCUT2D eigenvalue weighted by molar-refractivity contribution is 0.799. The zero-order valence-electron chi connectivity index (χ0n) is 11.5. The first-order valence-corrected chi connectivity index (χ1v) is 7.59. The van der Waals surface area contributed by atoms with Crippen LogP contribution in [-0.2, 0) is 0 Å². The summed E-state index contributed by atoms with van der Waals surface area (Å²) in [7, 11) is 0. The van der Waals surface area contributed by atoms with E-state index in [4.69, 9.17) is 0 Å². The zero-order chi connectivity index (χ0) is 14.8. The molecule has 0 amide bonds. The molecule has 4 rings (SSSR count). The summed E-state index contributed by atoms with van der Waals surface area (Å²) in [6, 6.07) is 20.0. The second kappa shape index (κ2) is 5.50. The number of nitrogens with zero attached hydrogens (tertiary/aromatic N) is 5. The second-order valence-corrected chi connectivity index (χ2v) is 5.66. The van der Waals surface area contributed by atoms with Gasteiger partial charge in [0.15, 0.2) is 5.82 Å². The van der Waals surface area contributed by atoms with Crippen LogP contribution in [0.1, 0.15) is 0 Å². The topological polar surface area (TPSA) is 56.5 Å². The fourth-order valence-corrected chi connectivity index (χ4v) is 3.05. The third-order valence-corrected chi connectivity index (χ3v) is 4.25. The van der Waals surface area contributed by atoms with Gasteiger partial charge in [-0.15, -0.1) is 5.10 Å². The molecule has 106 valence electrons. The highest BCUT2D eigenvalue weighted by Crippen LogP contribution is 2.28. The molecule has 4 aromatic rings. The largest absolute Gasteiger partial charge is 0.242 e. The fourth-order valence-electron chi connectivity index (χ4n) is 2.18. The van der Waals surface area contributed by atoms with Crippen molar-refractivity contribution in [1.82, 2.24) is 25.2 Å². The van der Waals surface area contributed by atoms with Gasteiger partial charge in [0.05, 0.1) is 6.20 Å². The molecular weight excluding hydrogens is 294 g/mol. The van der Waals surface area contributed by atoms with Crippen molar-refractivity contribution < 1.29 is 0 Å². The van der Waals surface area contributed by atoms with Crippen molar-refractivity contribution in [1.29, 1.82) is 0 Å². The lowest BCUT2D eigenvalue weighted by atomic mass is 10.2. The van der Waals surface area contributed by atoms with Gasteiger partial charge < -0.3 is 0 Å². The number of hydrogen-bond acceptors (Lipinski definition) is 5. The van der Waals surface area contributed by atoms with E-state index < -0.39 is 0 Å². The Morgan fingerprint density at radius 3 is 2.23 bits per heavy atom. The average molecular weight is 305 g/mol. The smallest absolute Gasteiger partial charge is 0.188 e. The van der Waals surface area contributed by atoms with E-state index in [1.54, 1.807) is 22.2 Å². The normalized spacial score (nSPS) is 10.7. The molecule has 0 atom stereocenters. The van der Waals surface area contributed by atoms with E-state index in [-0.39, 0.29) is 0 Å². The molecule has 2 aromatic carbocycles. The molecule has 0 N–H and O–H groups in total. The maximum absolute atomic E-state index is 4.48. The molecule has 0 aliphatic rings.